The summed E-state index contributed by atoms with van der Waals surface area (Å²) in [6.07, 6.45) is 1.84. The number of aromatic hydroxyl groups is 1. The maximum Gasteiger partial charge on any atom is 0.347 e. The van der Waals surface area contributed by atoms with Gasteiger partial charge in [0.2, 0.25) is 0 Å². The molecule has 0 saturated heterocycles. The molecular formula is C25H18O7. The molecule has 0 saturated carbocycles. The van der Waals surface area contributed by atoms with Crippen LogP contribution >= 0.6 is 0 Å². The maximum absolute atomic E-state index is 12.8. The molecule has 0 fully saturated rings. The third kappa shape index (κ3) is 5.28. The Labute approximate surface area is 183 Å². The summed E-state index contributed by atoms with van der Waals surface area (Å²) in [7, 11) is 0. The average Bonchev–Trinajstić information content (AvgIpc) is 2.81. The van der Waals surface area contributed by atoms with Crippen LogP contribution in [-0.2, 0) is 9.59 Å². The largest absolute Gasteiger partial charge is 0.508 e. The van der Waals surface area contributed by atoms with Crippen molar-refractivity contribution in [3.8, 4) is 34.1 Å². The number of ether oxygens (including phenoxy) is 3. The highest BCUT2D eigenvalue weighted by Crippen LogP contribution is 2.33. The lowest BCUT2D eigenvalue weighted by molar-refractivity contribution is -0.131. The van der Waals surface area contributed by atoms with Crippen LogP contribution in [0.4, 0.5) is 0 Å². The summed E-state index contributed by atoms with van der Waals surface area (Å²) in [5, 5.41) is 9.40. The number of rotatable bonds is 7. The lowest BCUT2D eigenvalue weighted by Crippen LogP contribution is -2.15. The van der Waals surface area contributed by atoms with E-state index < -0.39 is 17.9 Å². The lowest BCUT2D eigenvalue weighted by Gasteiger charge is -2.13. The van der Waals surface area contributed by atoms with Gasteiger partial charge in [0.15, 0.2) is 11.5 Å². The van der Waals surface area contributed by atoms with Gasteiger partial charge in [0.05, 0.1) is 0 Å². The van der Waals surface area contributed by atoms with E-state index in [1.165, 1.54) is 18.2 Å². The highest BCUT2D eigenvalue weighted by molar-refractivity contribution is 5.97. The number of para-hydroxylation sites is 1. The fraction of sp³-hybridized carbons (Fsp3) is 0. The number of phenolic OH excluding ortho intramolecular Hbond substituents is 1. The first-order valence-electron chi connectivity index (χ1n) is 9.34. The van der Waals surface area contributed by atoms with E-state index in [-0.39, 0.29) is 28.6 Å². The zero-order chi connectivity index (χ0) is 23.1. The number of benzene rings is 3. The van der Waals surface area contributed by atoms with Crippen molar-refractivity contribution in [3.63, 3.8) is 0 Å². The molecule has 32 heavy (non-hydrogen) atoms. The third-order valence-corrected chi connectivity index (χ3v) is 4.21. The van der Waals surface area contributed by atoms with E-state index in [0.29, 0.717) is 0 Å². The van der Waals surface area contributed by atoms with Crippen molar-refractivity contribution in [1.82, 2.24) is 0 Å². The van der Waals surface area contributed by atoms with Gasteiger partial charge < -0.3 is 19.3 Å². The van der Waals surface area contributed by atoms with Gasteiger partial charge in [0.25, 0.3) is 0 Å². The van der Waals surface area contributed by atoms with Gasteiger partial charge in [-0.25, -0.2) is 14.4 Å². The molecule has 7 heteroatoms. The van der Waals surface area contributed by atoms with Crippen molar-refractivity contribution >= 4 is 17.9 Å². The van der Waals surface area contributed by atoms with Gasteiger partial charge in [-0.3, -0.25) is 0 Å². The van der Waals surface area contributed by atoms with E-state index in [9.17, 15) is 19.5 Å². The third-order valence-electron chi connectivity index (χ3n) is 4.21. The Balaban J connectivity index is 1.86. The summed E-state index contributed by atoms with van der Waals surface area (Å²) >= 11 is 0. The van der Waals surface area contributed by atoms with Crippen LogP contribution in [0, 0.1) is 0 Å². The smallest absolute Gasteiger partial charge is 0.347 e. The Bertz CT molecular complexity index is 1180. The summed E-state index contributed by atoms with van der Waals surface area (Å²) in [6.45, 7) is 6.62. The average molecular weight is 430 g/mol. The fourth-order valence-corrected chi connectivity index (χ4v) is 2.69. The first-order chi connectivity index (χ1) is 15.4. The summed E-state index contributed by atoms with van der Waals surface area (Å²) in [5.74, 6) is -2.50. The van der Waals surface area contributed by atoms with Crippen LogP contribution in [0.2, 0.25) is 0 Å². The Kier molecular flexibility index (Phi) is 6.82. The minimum absolute atomic E-state index is 0.128. The monoisotopic (exact) mass is 430 g/mol. The van der Waals surface area contributed by atoms with Gasteiger partial charge in [-0.1, -0.05) is 43.5 Å². The molecular weight excluding hydrogens is 412 g/mol. The van der Waals surface area contributed by atoms with Gasteiger partial charge >= 0.3 is 17.9 Å². The molecule has 3 aromatic rings. The van der Waals surface area contributed by atoms with E-state index in [4.69, 9.17) is 14.2 Å². The summed E-state index contributed by atoms with van der Waals surface area (Å²) in [4.78, 5) is 36.1. The van der Waals surface area contributed by atoms with Crippen LogP contribution in [0.15, 0.2) is 92.0 Å². The molecule has 0 aliphatic heterocycles. The van der Waals surface area contributed by atoms with Crippen molar-refractivity contribution in [2.24, 2.45) is 0 Å². The quantitative estimate of drug-likeness (QED) is 0.336. The summed E-state index contributed by atoms with van der Waals surface area (Å²) in [5.41, 5.74) is 1.59. The molecule has 0 atom stereocenters. The van der Waals surface area contributed by atoms with Crippen molar-refractivity contribution in [2.75, 3.05) is 0 Å². The van der Waals surface area contributed by atoms with Crippen LogP contribution in [0.5, 0.6) is 23.0 Å². The second kappa shape index (κ2) is 9.90. The molecule has 0 heterocycles. The summed E-state index contributed by atoms with van der Waals surface area (Å²) < 4.78 is 15.6. The maximum atomic E-state index is 12.8. The molecule has 0 unspecified atom stereocenters. The molecule has 3 aromatic carbocycles. The van der Waals surface area contributed by atoms with Gasteiger partial charge in [-0.2, -0.15) is 0 Å². The van der Waals surface area contributed by atoms with Gasteiger partial charge in [0.1, 0.15) is 17.1 Å². The van der Waals surface area contributed by atoms with Gasteiger partial charge in [-0.15, -0.1) is 0 Å². The van der Waals surface area contributed by atoms with E-state index >= 15 is 0 Å². The topological polar surface area (TPSA) is 99.1 Å². The molecule has 0 radical (unpaired) electrons. The second-order valence-corrected chi connectivity index (χ2v) is 6.34. The molecule has 3 rings (SSSR count). The number of carbonyl (C=O) groups excluding carboxylic acids is 3. The molecule has 7 nitrogen and oxygen atoms in total. The molecule has 1 N–H and O–H groups in total. The van der Waals surface area contributed by atoms with Crippen LogP contribution in [-0.4, -0.2) is 23.0 Å². The van der Waals surface area contributed by atoms with E-state index in [2.05, 4.69) is 13.2 Å². The van der Waals surface area contributed by atoms with E-state index in [0.717, 1.165) is 23.3 Å². The highest BCUT2D eigenvalue weighted by atomic mass is 16.6. The first kappa shape index (κ1) is 22.0. The van der Waals surface area contributed by atoms with Gasteiger partial charge in [0, 0.05) is 12.2 Å². The number of esters is 3. The highest BCUT2D eigenvalue weighted by Gasteiger charge is 2.22. The van der Waals surface area contributed by atoms with Crippen molar-refractivity contribution in [3.05, 3.63) is 97.6 Å². The predicted octanol–water partition coefficient (Wildman–Crippen LogP) is 4.46. The SMILES string of the molecule is C=CC(=O)Oc1cccc(C(=O)Oc2ccc(-c3ccc(O)cc3)cc2)c1OC(=O)C=C. The predicted molar refractivity (Wildman–Crippen MR) is 117 cm³/mol. The molecule has 0 aliphatic carbocycles. The molecule has 0 aromatic heterocycles. The molecule has 0 amide bonds. The fourth-order valence-electron chi connectivity index (χ4n) is 2.69. The Morgan fingerprint density at radius 2 is 1.28 bits per heavy atom. The number of hydrogen-bond donors (Lipinski definition) is 1. The zero-order valence-corrected chi connectivity index (χ0v) is 16.8. The van der Waals surface area contributed by atoms with Gasteiger partial charge in [-0.05, 0) is 47.5 Å². The molecule has 0 aliphatic rings. The Hall–Kier alpha value is -4.65. The first-order valence-corrected chi connectivity index (χ1v) is 9.34. The normalized spacial score (nSPS) is 10.0. The molecule has 0 bridgehead atoms. The number of carbonyl (C=O) groups is 3. The number of hydrogen-bond acceptors (Lipinski definition) is 7. The number of phenols is 1. The minimum Gasteiger partial charge on any atom is -0.508 e. The van der Waals surface area contributed by atoms with Crippen LogP contribution in [0.1, 0.15) is 10.4 Å². The molecule has 0 spiro atoms. The van der Waals surface area contributed by atoms with Crippen LogP contribution in [0.3, 0.4) is 0 Å². The minimum atomic E-state index is -0.848. The zero-order valence-electron chi connectivity index (χ0n) is 16.8. The van der Waals surface area contributed by atoms with Crippen molar-refractivity contribution in [2.45, 2.75) is 0 Å². The van der Waals surface area contributed by atoms with E-state index in [1.54, 1.807) is 48.5 Å². The Morgan fingerprint density at radius 3 is 1.88 bits per heavy atom. The Morgan fingerprint density at radius 1 is 0.719 bits per heavy atom. The van der Waals surface area contributed by atoms with E-state index in [1.807, 2.05) is 0 Å². The van der Waals surface area contributed by atoms with Crippen LogP contribution in [0.25, 0.3) is 11.1 Å². The van der Waals surface area contributed by atoms with Crippen molar-refractivity contribution in [1.29, 1.82) is 0 Å². The molecule has 160 valence electrons. The second-order valence-electron chi connectivity index (χ2n) is 6.34. The standard InChI is InChI=1S/C25H18O7/c1-3-22(27)31-21-7-5-6-20(24(21)32-23(28)4-2)25(29)30-19-14-10-17(11-15-19)16-8-12-18(26)13-9-16/h3-15,26H,1-2H2. The lowest BCUT2D eigenvalue weighted by atomic mass is 10.1. The van der Waals surface area contributed by atoms with Crippen molar-refractivity contribution < 1.29 is 33.7 Å². The van der Waals surface area contributed by atoms with Crippen LogP contribution < -0.4 is 14.2 Å². The summed E-state index contributed by atoms with van der Waals surface area (Å²) in [6, 6.07) is 17.5.